The molecule has 0 aromatic heterocycles. The third-order valence-electron chi connectivity index (χ3n) is 7.02. The Morgan fingerprint density at radius 2 is 1.21 bits per heavy atom. The molecule has 0 radical (unpaired) electrons. The third kappa shape index (κ3) is 3.96. The molecule has 1 fully saturated rings. The first-order valence-electron chi connectivity index (χ1n) is 11.4. The molecule has 1 N–H and O–H groups in total. The number of rotatable bonds is 5. The predicted octanol–water partition coefficient (Wildman–Crippen LogP) is 7.65. The number of ketones is 1. The molecule has 5 rings (SSSR count). The molecular formula is C30H24Cl2O2. The van der Waals surface area contributed by atoms with E-state index in [9.17, 15) is 9.90 Å². The van der Waals surface area contributed by atoms with Crippen molar-refractivity contribution in [2.24, 2.45) is 5.92 Å². The lowest BCUT2D eigenvalue weighted by atomic mass is 9.73. The minimum Gasteiger partial charge on any atom is -0.384 e. The van der Waals surface area contributed by atoms with E-state index in [-0.39, 0.29) is 17.6 Å². The van der Waals surface area contributed by atoms with Crippen LogP contribution >= 0.6 is 23.2 Å². The van der Waals surface area contributed by atoms with Crippen molar-refractivity contribution >= 4 is 29.0 Å². The predicted molar refractivity (Wildman–Crippen MR) is 138 cm³/mol. The van der Waals surface area contributed by atoms with Gasteiger partial charge in [0.1, 0.15) is 5.60 Å². The molecule has 4 heteroatoms. The molecule has 0 amide bonds. The van der Waals surface area contributed by atoms with Gasteiger partial charge in [-0.3, -0.25) is 4.79 Å². The molecule has 2 nitrogen and oxygen atoms in total. The Balaban J connectivity index is 1.77. The molecule has 1 aliphatic rings. The van der Waals surface area contributed by atoms with Crippen molar-refractivity contribution in [2.45, 2.75) is 23.9 Å². The summed E-state index contributed by atoms with van der Waals surface area (Å²) in [6.45, 7) is 0. The average Bonchev–Trinajstić information content (AvgIpc) is 3.19. The molecule has 4 aromatic rings. The first kappa shape index (κ1) is 22.9. The fraction of sp³-hybridized carbons (Fsp3) is 0.167. The third-order valence-corrected chi connectivity index (χ3v) is 7.71. The van der Waals surface area contributed by atoms with Crippen LogP contribution in [-0.2, 0) is 5.60 Å². The van der Waals surface area contributed by atoms with Crippen LogP contribution in [-0.4, -0.2) is 10.9 Å². The Morgan fingerprint density at radius 1 is 0.706 bits per heavy atom. The van der Waals surface area contributed by atoms with Crippen LogP contribution in [0.1, 0.15) is 45.3 Å². The maximum absolute atomic E-state index is 14.2. The van der Waals surface area contributed by atoms with Gasteiger partial charge in [-0.15, -0.1) is 0 Å². The summed E-state index contributed by atoms with van der Waals surface area (Å²) in [7, 11) is 0. The van der Waals surface area contributed by atoms with Crippen LogP contribution in [0.4, 0.5) is 0 Å². The molecule has 0 spiro atoms. The minimum absolute atomic E-state index is 0.105. The van der Waals surface area contributed by atoms with Crippen LogP contribution < -0.4 is 0 Å². The minimum atomic E-state index is -1.40. The number of halogens is 2. The SMILES string of the molecule is O=C(c1ccccc1)[C@@H]1[C@@H](c2ccccc2Cl)[C@H](c2ccccc2Cl)C[C@@]1(O)c1ccccc1. The summed E-state index contributed by atoms with van der Waals surface area (Å²) in [4.78, 5) is 14.2. The van der Waals surface area contributed by atoms with E-state index in [1.54, 1.807) is 12.1 Å². The zero-order valence-electron chi connectivity index (χ0n) is 18.4. The molecule has 0 bridgehead atoms. The van der Waals surface area contributed by atoms with E-state index >= 15 is 0 Å². The molecule has 0 aliphatic heterocycles. The fourth-order valence-electron chi connectivity index (χ4n) is 5.53. The monoisotopic (exact) mass is 486 g/mol. The van der Waals surface area contributed by atoms with E-state index in [1.165, 1.54) is 0 Å². The topological polar surface area (TPSA) is 37.3 Å². The zero-order chi connectivity index (χ0) is 23.7. The Bertz CT molecular complexity index is 1310. The summed E-state index contributed by atoms with van der Waals surface area (Å²) in [5.74, 6) is -1.44. The molecule has 1 aliphatic carbocycles. The Labute approximate surface area is 209 Å². The summed E-state index contributed by atoms with van der Waals surface area (Å²) in [5.41, 5.74) is 1.64. The van der Waals surface area contributed by atoms with Crippen molar-refractivity contribution in [1.82, 2.24) is 0 Å². The lowest BCUT2D eigenvalue weighted by molar-refractivity contribution is -0.000246. The molecule has 1 saturated carbocycles. The highest BCUT2D eigenvalue weighted by atomic mass is 35.5. The maximum atomic E-state index is 14.2. The molecule has 170 valence electrons. The van der Waals surface area contributed by atoms with Crippen molar-refractivity contribution in [3.05, 3.63) is 141 Å². The summed E-state index contributed by atoms with van der Waals surface area (Å²) in [5, 5.41) is 13.6. The van der Waals surface area contributed by atoms with Gasteiger partial charge in [-0.1, -0.05) is 120 Å². The van der Waals surface area contributed by atoms with Gasteiger partial charge in [0.05, 0.1) is 5.92 Å². The largest absolute Gasteiger partial charge is 0.384 e. The second kappa shape index (κ2) is 9.38. The quantitative estimate of drug-likeness (QED) is 0.294. The van der Waals surface area contributed by atoms with Crippen LogP contribution in [0.2, 0.25) is 10.0 Å². The van der Waals surface area contributed by atoms with Crippen molar-refractivity contribution in [2.75, 3.05) is 0 Å². The molecule has 0 unspecified atom stereocenters. The number of carbonyl (C=O) groups excluding carboxylic acids is 1. The van der Waals surface area contributed by atoms with Crippen LogP contribution in [0, 0.1) is 5.92 Å². The van der Waals surface area contributed by atoms with Gasteiger partial charge in [0.2, 0.25) is 0 Å². The highest BCUT2D eigenvalue weighted by Crippen LogP contribution is 2.60. The van der Waals surface area contributed by atoms with Gasteiger partial charge in [0, 0.05) is 21.5 Å². The van der Waals surface area contributed by atoms with Crippen molar-refractivity contribution < 1.29 is 9.90 Å². The maximum Gasteiger partial charge on any atom is 0.169 e. The Morgan fingerprint density at radius 3 is 1.79 bits per heavy atom. The number of aliphatic hydroxyl groups is 1. The van der Waals surface area contributed by atoms with E-state index in [0.717, 1.165) is 16.7 Å². The van der Waals surface area contributed by atoms with E-state index in [2.05, 4.69) is 0 Å². The fourth-order valence-corrected chi connectivity index (χ4v) is 6.06. The van der Waals surface area contributed by atoms with Gasteiger partial charge in [-0.05, 0) is 41.2 Å². The van der Waals surface area contributed by atoms with Gasteiger partial charge in [0.15, 0.2) is 5.78 Å². The number of carbonyl (C=O) groups is 1. The zero-order valence-corrected chi connectivity index (χ0v) is 20.0. The molecule has 4 atom stereocenters. The van der Waals surface area contributed by atoms with E-state index in [0.29, 0.717) is 22.0 Å². The van der Waals surface area contributed by atoms with Crippen molar-refractivity contribution in [3.63, 3.8) is 0 Å². The number of Topliss-reactive ketones (excluding diaryl/α,β-unsaturated/α-hetero) is 1. The highest BCUT2D eigenvalue weighted by molar-refractivity contribution is 6.32. The standard InChI is InChI=1S/C30H24Cl2O2/c31-25-17-9-7-15-22(25)24-19-30(34,21-13-5-2-6-14-21)28(29(33)20-11-3-1-4-12-20)27(24)23-16-8-10-18-26(23)32/h1-18,24,27-28,34H,19H2/t24-,27-,28-,30+/m0/s1. The number of hydrogen-bond acceptors (Lipinski definition) is 2. The molecule has 0 heterocycles. The summed E-state index contributed by atoms with van der Waals surface area (Å²) >= 11 is 13.4. The van der Waals surface area contributed by atoms with Gasteiger partial charge in [-0.2, -0.15) is 0 Å². The smallest absolute Gasteiger partial charge is 0.169 e. The summed E-state index contributed by atoms with van der Waals surface area (Å²) in [6.07, 6.45) is 0.347. The lowest BCUT2D eigenvalue weighted by Crippen LogP contribution is -2.38. The van der Waals surface area contributed by atoms with Crippen LogP contribution in [0.5, 0.6) is 0 Å². The second-order valence-corrected chi connectivity index (χ2v) is 9.69. The number of hydrogen-bond donors (Lipinski definition) is 1. The average molecular weight is 487 g/mol. The normalized spacial score (nSPS) is 24.1. The van der Waals surface area contributed by atoms with E-state index in [4.69, 9.17) is 23.2 Å². The van der Waals surface area contributed by atoms with Crippen molar-refractivity contribution in [3.8, 4) is 0 Å². The van der Waals surface area contributed by atoms with Crippen LogP contribution in [0.3, 0.4) is 0 Å². The van der Waals surface area contributed by atoms with Gasteiger partial charge in [0.25, 0.3) is 0 Å². The van der Waals surface area contributed by atoms with E-state index < -0.39 is 11.5 Å². The first-order valence-corrected chi connectivity index (χ1v) is 12.1. The van der Waals surface area contributed by atoms with Crippen LogP contribution in [0.15, 0.2) is 109 Å². The summed E-state index contributed by atoms with van der Waals surface area (Å²) < 4.78 is 0. The van der Waals surface area contributed by atoms with Gasteiger partial charge < -0.3 is 5.11 Å². The molecule has 4 aromatic carbocycles. The van der Waals surface area contributed by atoms with Crippen molar-refractivity contribution in [1.29, 1.82) is 0 Å². The Hall–Kier alpha value is -2.91. The van der Waals surface area contributed by atoms with Gasteiger partial charge in [-0.25, -0.2) is 0 Å². The lowest BCUT2D eigenvalue weighted by Gasteiger charge is -2.33. The second-order valence-electron chi connectivity index (χ2n) is 8.88. The van der Waals surface area contributed by atoms with Gasteiger partial charge >= 0.3 is 0 Å². The molecular weight excluding hydrogens is 463 g/mol. The van der Waals surface area contributed by atoms with Crippen LogP contribution in [0.25, 0.3) is 0 Å². The summed E-state index contributed by atoms with van der Waals surface area (Å²) in [6, 6.07) is 33.9. The van der Waals surface area contributed by atoms with E-state index in [1.807, 2.05) is 97.1 Å². The molecule has 0 saturated heterocycles. The Kier molecular flexibility index (Phi) is 6.31. The molecule has 34 heavy (non-hydrogen) atoms. The number of benzene rings is 4. The highest BCUT2D eigenvalue weighted by Gasteiger charge is 2.58. The first-order chi connectivity index (χ1) is 16.5.